The molecule has 1 amide bonds. The standard InChI is InChI=1S/C22H26ClN7O2.C6H6O3S/c1-13-11-26-22(27-16-5-7-32-8-6-16)29-20(13)30-12-18(19(25)31)28-21(30)17(10-24)14-3-2-4-15(23)9-14;7-10(8,9)6-4-2-1-3-5-6/h2-4,9,11-12,16-17H,5-8,10,24H2,1H3,(H2,25,31)(H,26,27,29);1-5H,(H,7,8,9). The number of aromatic nitrogens is 4. The van der Waals surface area contributed by atoms with Crippen LogP contribution in [-0.4, -0.2) is 64.2 Å². The molecule has 0 aliphatic carbocycles. The normalized spacial score (nSPS) is 14.5. The van der Waals surface area contributed by atoms with Crippen molar-refractivity contribution in [3.63, 3.8) is 0 Å². The molecule has 222 valence electrons. The first-order valence-electron chi connectivity index (χ1n) is 13.1. The summed E-state index contributed by atoms with van der Waals surface area (Å²) in [5.41, 5.74) is 13.5. The zero-order chi connectivity index (χ0) is 30.3. The van der Waals surface area contributed by atoms with Gasteiger partial charge in [0.05, 0.1) is 10.8 Å². The zero-order valence-corrected chi connectivity index (χ0v) is 24.4. The van der Waals surface area contributed by atoms with Crippen LogP contribution in [0, 0.1) is 6.92 Å². The molecule has 1 aliphatic rings. The molecule has 2 aromatic heterocycles. The maximum Gasteiger partial charge on any atom is 0.294 e. The number of halogens is 1. The molecule has 12 nitrogen and oxygen atoms in total. The van der Waals surface area contributed by atoms with Gasteiger partial charge in [0, 0.05) is 48.8 Å². The number of anilines is 1. The number of hydrogen-bond acceptors (Lipinski definition) is 9. The Morgan fingerprint density at radius 1 is 1.17 bits per heavy atom. The van der Waals surface area contributed by atoms with Gasteiger partial charge in [0.2, 0.25) is 5.95 Å². The van der Waals surface area contributed by atoms with E-state index >= 15 is 0 Å². The Bertz CT molecular complexity index is 1630. The topological polar surface area (TPSA) is 188 Å². The van der Waals surface area contributed by atoms with Crippen LogP contribution in [0.25, 0.3) is 5.82 Å². The number of nitrogens with two attached hydrogens (primary N) is 2. The lowest BCUT2D eigenvalue weighted by molar-refractivity contribution is 0.0903. The number of nitrogens with one attached hydrogen (secondary N) is 1. The number of ether oxygens (including phenoxy) is 1. The van der Waals surface area contributed by atoms with E-state index < -0.39 is 16.0 Å². The fraction of sp³-hybridized carbons (Fsp3) is 0.286. The minimum atomic E-state index is -4.00. The third-order valence-electron chi connectivity index (χ3n) is 6.55. The summed E-state index contributed by atoms with van der Waals surface area (Å²) in [4.78, 5) is 25.6. The number of hydrogen-bond donors (Lipinski definition) is 4. The van der Waals surface area contributed by atoms with Gasteiger partial charge in [-0.1, -0.05) is 41.9 Å². The molecule has 0 bridgehead atoms. The Morgan fingerprint density at radius 2 is 1.88 bits per heavy atom. The van der Waals surface area contributed by atoms with Gasteiger partial charge in [-0.15, -0.1) is 0 Å². The maximum absolute atomic E-state index is 12.0. The number of carbonyl (C=O) groups is 1. The van der Waals surface area contributed by atoms with Gasteiger partial charge in [0.25, 0.3) is 16.0 Å². The highest BCUT2D eigenvalue weighted by molar-refractivity contribution is 7.85. The van der Waals surface area contributed by atoms with E-state index in [1.807, 2.05) is 25.1 Å². The smallest absolute Gasteiger partial charge is 0.294 e. The van der Waals surface area contributed by atoms with Gasteiger partial charge in [-0.25, -0.2) is 9.97 Å². The molecule has 3 heterocycles. The molecule has 2 aromatic carbocycles. The Morgan fingerprint density at radius 3 is 2.48 bits per heavy atom. The van der Waals surface area contributed by atoms with E-state index in [4.69, 9.17) is 37.3 Å². The molecule has 4 aromatic rings. The van der Waals surface area contributed by atoms with Crippen molar-refractivity contribution in [2.75, 3.05) is 25.1 Å². The minimum Gasteiger partial charge on any atom is -0.381 e. The molecule has 1 aliphatic heterocycles. The van der Waals surface area contributed by atoms with E-state index in [1.54, 1.807) is 41.2 Å². The van der Waals surface area contributed by atoms with E-state index in [0.29, 0.717) is 35.8 Å². The Labute approximate surface area is 248 Å². The molecule has 14 heteroatoms. The summed E-state index contributed by atoms with van der Waals surface area (Å²) >= 11 is 6.20. The molecule has 0 radical (unpaired) electrons. The van der Waals surface area contributed by atoms with Crippen molar-refractivity contribution in [1.82, 2.24) is 19.5 Å². The molecule has 0 spiro atoms. The number of rotatable bonds is 8. The number of carbonyl (C=O) groups excluding carboxylic acids is 1. The van der Waals surface area contributed by atoms with Gasteiger partial charge < -0.3 is 21.5 Å². The number of primary amides is 1. The van der Waals surface area contributed by atoms with Crippen LogP contribution in [0.15, 0.2) is 71.9 Å². The maximum atomic E-state index is 12.0. The average molecular weight is 614 g/mol. The van der Waals surface area contributed by atoms with E-state index in [-0.39, 0.29) is 29.1 Å². The second-order valence-corrected chi connectivity index (χ2v) is 11.4. The van der Waals surface area contributed by atoms with Crippen LogP contribution in [0.3, 0.4) is 0 Å². The van der Waals surface area contributed by atoms with Crippen LogP contribution in [0.4, 0.5) is 5.95 Å². The van der Waals surface area contributed by atoms with Gasteiger partial charge in [0.15, 0.2) is 0 Å². The predicted octanol–water partition coefficient (Wildman–Crippen LogP) is 3.34. The highest BCUT2D eigenvalue weighted by Crippen LogP contribution is 2.28. The second-order valence-electron chi connectivity index (χ2n) is 9.58. The lowest BCUT2D eigenvalue weighted by Crippen LogP contribution is -2.29. The minimum absolute atomic E-state index is 0.0741. The molecule has 1 unspecified atom stereocenters. The molecule has 1 fully saturated rings. The van der Waals surface area contributed by atoms with Crippen LogP contribution in [0.5, 0.6) is 0 Å². The summed E-state index contributed by atoms with van der Waals surface area (Å²) in [6, 6.07) is 15.1. The molecule has 1 saturated heterocycles. The number of nitrogens with zero attached hydrogens (tertiary/aromatic N) is 4. The molecule has 42 heavy (non-hydrogen) atoms. The molecule has 6 N–H and O–H groups in total. The van der Waals surface area contributed by atoms with Crippen molar-refractivity contribution in [3.05, 3.63) is 94.7 Å². The lowest BCUT2D eigenvalue weighted by Gasteiger charge is -2.23. The van der Waals surface area contributed by atoms with E-state index in [9.17, 15) is 13.2 Å². The fourth-order valence-electron chi connectivity index (χ4n) is 4.41. The fourth-order valence-corrected chi connectivity index (χ4v) is 5.11. The summed E-state index contributed by atoms with van der Waals surface area (Å²) < 4.78 is 36.4. The summed E-state index contributed by atoms with van der Waals surface area (Å²) in [5, 5.41) is 3.97. The first kappa shape index (κ1) is 31.1. The monoisotopic (exact) mass is 613 g/mol. The van der Waals surface area contributed by atoms with Gasteiger partial charge in [-0.2, -0.15) is 13.4 Å². The van der Waals surface area contributed by atoms with Crippen LogP contribution >= 0.6 is 11.6 Å². The van der Waals surface area contributed by atoms with Crippen molar-refractivity contribution in [1.29, 1.82) is 0 Å². The summed E-state index contributed by atoms with van der Waals surface area (Å²) in [7, 11) is -4.00. The van der Waals surface area contributed by atoms with Gasteiger partial charge in [-0.05, 0) is 49.6 Å². The van der Waals surface area contributed by atoms with Crippen molar-refractivity contribution < 1.29 is 22.5 Å². The van der Waals surface area contributed by atoms with E-state index in [2.05, 4.69) is 15.3 Å². The molecular weight excluding hydrogens is 582 g/mol. The summed E-state index contributed by atoms with van der Waals surface area (Å²) in [6.07, 6.45) is 5.12. The number of imidazole rings is 1. The van der Waals surface area contributed by atoms with Crippen LogP contribution in [0.1, 0.15) is 46.2 Å². The lowest BCUT2D eigenvalue weighted by atomic mass is 9.98. The Balaban J connectivity index is 0.000000343. The van der Waals surface area contributed by atoms with Crippen molar-refractivity contribution in [2.24, 2.45) is 11.5 Å². The van der Waals surface area contributed by atoms with Gasteiger partial charge in [0.1, 0.15) is 17.3 Å². The zero-order valence-electron chi connectivity index (χ0n) is 22.9. The van der Waals surface area contributed by atoms with E-state index in [0.717, 1.165) is 24.0 Å². The second kappa shape index (κ2) is 13.9. The third kappa shape index (κ3) is 7.89. The van der Waals surface area contributed by atoms with E-state index in [1.165, 1.54) is 12.1 Å². The van der Waals surface area contributed by atoms with Crippen LogP contribution in [0.2, 0.25) is 5.02 Å². The molecule has 1 atom stereocenters. The highest BCUT2D eigenvalue weighted by Gasteiger charge is 2.24. The highest BCUT2D eigenvalue weighted by atomic mass is 35.5. The molecule has 5 rings (SSSR count). The van der Waals surface area contributed by atoms with Gasteiger partial charge >= 0.3 is 0 Å². The average Bonchev–Trinajstić information content (AvgIpc) is 3.41. The largest absolute Gasteiger partial charge is 0.381 e. The summed E-state index contributed by atoms with van der Waals surface area (Å²) in [5.74, 6) is 0.722. The number of amides is 1. The Kier molecular flexibility index (Phi) is 10.2. The third-order valence-corrected chi connectivity index (χ3v) is 7.66. The van der Waals surface area contributed by atoms with Crippen molar-refractivity contribution in [3.8, 4) is 5.82 Å². The molecule has 0 saturated carbocycles. The quantitative estimate of drug-likeness (QED) is 0.214. The molecular formula is C28H32ClN7O5S. The number of aryl methyl sites for hydroxylation is 1. The SMILES string of the molecule is Cc1cnc(NC2CCOCC2)nc1-n1cc(C(N)=O)nc1C(CN)c1cccc(Cl)c1.O=S(=O)(O)c1ccccc1. The Hall–Kier alpha value is -3.88. The van der Waals surface area contributed by atoms with Crippen LogP contribution < -0.4 is 16.8 Å². The first-order chi connectivity index (χ1) is 20.1. The predicted molar refractivity (Wildman–Crippen MR) is 158 cm³/mol. The van der Waals surface area contributed by atoms with Crippen molar-refractivity contribution >= 4 is 33.6 Å². The van der Waals surface area contributed by atoms with Crippen LogP contribution in [-0.2, 0) is 14.9 Å². The summed E-state index contributed by atoms with van der Waals surface area (Å²) in [6.45, 7) is 3.58. The van der Waals surface area contributed by atoms with Gasteiger partial charge in [-0.3, -0.25) is 13.9 Å². The number of benzene rings is 2. The first-order valence-corrected chi connectivity index (χ1v) is 14.9. The van der Waals surface area contributed by atoms with Crippen molar-refractivity contribution in [2.45, 2.75) is 36.6 Å².